The van der Waals surface area contributed by atoms with Gasteiger partial charge in [0.25, 0.3) is 0 Å². The first kappa shape index (κ1) is 52.1. The highest BCUT2D eigenvalue weighted by Gasteiger charge is 2.16. The Bertz CT molecular complexity index is 901. The highest BCUT2D eigenvalue weighted by molar-refractivity contribution is 5.95. The topological polar surface area (TPSA) is 59.1 Å². The molecule has 0 fully saturated rings. The lowest BCUT2D eigenvalue weighted by Gasteiger charge is -2.22. The van der Waals surface area contributed by atoms with Crippen molar-refractivity contribution in [3.63, 3.8) is 0 Å². The molecule has 0 aliphatic rings. The van der Waals surface area contributed by atoms with Gasteiger partial charge in [0.2, 0.25) is 0 Å². The summed E-state index contributed by atoms with van der Waals surface area (Å²) in [5, 5.41) is 0. The summed E-state index contributed by atoms with van der Waals surface area (Å²) < 4.78 is 11.8. The van der Waals surface area contributed by atoms with Gasteiger partial charge in [0.15, 0.2) is 0 Å². The largest absolute Gasteiger partial charge is 0.446 e. The third kappa shape index (κ3) is 31.1. The molecule has 0 aromatic heterocycles. The van der Waals surface area contributed by atoms with Gasteiger partial charge in [-0.3, -0.25) is 9.80 Å². The maximum absolute atomic E-state index is 13.3. The van der Waals surface area contributed by atoms with Crippen molar-refractivity contribution >= 4 is 11.9 Å². The van der Waals surface area contributed by atoms with Crippen LogP contribution in [0.3, 0.4) is 0 Å². The lowest BCUT2D eigenvalue weighted by Crippen LogP contribution is -2.30. The molecule has 0 saturated heterocycles. The minimum absolute atomic E-state index is 0.299. The maximum atomic E-state index is 13.3. The number of unbranched alkanes of at least 4 members (excludes halogenated alkanes) is 28. The Kier molecular flexibility index (Phi) is 37.1. The van der Waals surface area contributed by atoms with Crippen LogP contribution in [0.4, 0.5) is 0 Å². The number of rotatable bonds is 42. The highest BCUT2D eigenvalue weighted by atomic mass is 16.5. The van der Waals surface area contributed by atoms with Crippen LogP contribution in [0.5, 0.6) is 0 Å². The summed E-state index contributed by atoms with van der Waals surface area (Å²) in [6, 6.07) is 6.91. The first-order valence-electron chi connectivity index (χ1n) is 24.4. The fourth-order valence-electron chi connectivity index (χ4n) is 7.60. The van der Waals surface area contributed by atoms with E-state index in [4.69, 9.17) is 9.47 Å². The highest BCUT2D eigenvalue weighted by Crippen LogP contribution is 2.15. The summed E-state index contributed by atoms with van der Waals surface area (Å²) in [5.41, 5.74) is 0.821. The van der Waals surface area contributed by atoms with Crippen LogP contribution in [0.15, 0.2) is 24.3 Å². The number of nitrogens with zero attached hydrogens (tertiary/aromatic N) is 2. The predicted molar refractivity (Wildman–Crippen MR) is 241 cm³/mol. The smallest absolute Gasteiger partial charge is 0.339 e. The van der Waals surface area contributed by atoms with Gasteiger partial charge >= 0.3 is 11.9 Å². The molecule has 0 aliphatic heterocycles. The lowest BCUT2D eigenvalue weighted by atomic mass is 10.1. The summed E-state index contributed by atoms with van der Waals surface area (Å²) in [6.07, 6.45) is 41.2. The quantitative estimate of drug-likeness (QED) is 0.0374. The van der Waals surface area contributed by atoms with Crippen molar-refractivity contribution in [3.8, 4) is 0 Å². The molecule has 0 atom stereocenters. The van der Waals surface area contributed by atoms with E-state index < -0.39 is 0 Å². The number of esters is 2. The van der Waals surface area contributed by atoms with E-state index in [1.165, 1.54) is 180 Å². The second-order valence-corrected chi connectivity index (χ2v) is 16.8. The minimum atomic E-state index is -0.373. The van der Waals surface area contributed by atoms with Crippen molar-refractivity contribution in [1.29, 1.82) is 0 Å². The maximum Gasteiger partial charge on any atom is 0.339 e. The first-order valence-corrected chi connectivity index (χ1v) is 24.4. The van der Waals surface area contributed by atoms with Crippen molar-refractivity contribution in [2.24, 2.45) is 0 Å². The van der Waals surface area contributed by atoms with Gasteiger partial charge in [-0.15, -0.1) is 0 Å². The van der Waals surface area contributed by atoms with E-state index in [1.54, 1.807) is 24.3 Å². The molecule has 1 rings (SSSR count). The lowest BCUT2D eigenvalue weighted by molar-refractivity contribution is 0.0204. The average Bonchev–Trinajstić information content (AvgIpc) is 3.21. The summed E-state index contributed by atoms with van der Waals surface area (Å²) >= 11 is 0. The van der Waals surface area contributed by atoms with Gasteiger partial charge in [-0.25, -0.2) is 9.59 Å². The number of hydrogen-bond donors (Lipinski definition) is 0. The third-order valence-electron chi connectivity index (χ3n) is 11.4. The van der Waals surface area contributed by atoms with Crippen molar-refractivity contribution in [1.82, 2.24) is 9.80 Å². The van der Waals surface area contributed by atoms with Crippen LogP contribution in [0.25, 0.3) is 0 Å². The van der Waals surface area contributed by atoms with Crippen LogP contribution >= 0.6 is 0 Å². The van der Waals surface area contributed by atoms with Crippen LogP contribution in [-0.4, -0.2) is 61.4 Å². The summed E-state index contributed by atoms with van der Waals surface area (Å²) in [4.78, 5) is 31.2. The van der Waals surface area contributed by atoms with Gasteiger partial charge in [0.05, 0.1) is 11.1 Å². The molecule has 0 unspecified atom stereocenters. The molecule has 1 aromatic rings. The monoisotopic (exact) mass is 785 g/mol. The van der Waals surface area contributed by atoms with Gasteiger partial charge < -0.3 is 9.47 Å². The zero-order valence-corrected chi connectivity index (χ0v) is 37.7. The Morgan fingerprint density at radius 1 is 0.375 bits per heavy atom. The average molecular weight is 785 g/mol. The molecule has 0 saturated carbocycles. The summed E-state index contributed by atoms with van der Waals surface area (Å²) in [7, 11) is 0. The fourth-order valence-corrected chi connectivity index (χ4v) is 7.60. The van der Waals surface area contributed by atoms with Gasteiger partial charge in [-0.2, -0.15) is 0 Å². The predicted octanol–water partition coefficient (Wildman–Crippen LogP) is 15.1. The molecule has 1 aromatic carbocycles. The number of benzene rings is 1. The van der Waals surface area contributed by atoms with Crippen LogP contribution in [0.2, 0.25) is 0 Å². The summed E-state index contributed by atoms with van der Waals surface area (Å²) in [6.45, 7) is 13.5. The molecule has 0 spiro atoms. The molecule has 0 bridgehead atoms. The molecule has 0 N–H and O–H groups in total. The van der Waals surface area contributed by atoms with E-state index in [1.807, 2.05) is 0 Å². The van der Waals surface area contributed by atoms with Gasteiger partial charge in [-0.1, -0.05) is 214 Å². The molecule has 0 amide bonds. The van der Waals surface area contributed by atoms with E-state index in [-0.39, 0.29) is 11.9 Å². The van der Waals surface area contributed by atoms with Crippen molar-refractivity contribution < 1.29 is 19.1 Å². The second kappa shape index (κ2) is 39.9. The molecule has 0 aliphatic carbocycles. The molecule has 56 heavy (non-hydrogen) atoms. The van der Waals surface area contributed by atoms with Crippen molar-refractivity contribution in [3.05, 3.63) is 35.4 Å². The molecular formula is C50H92N2O4. The van der Waals surface area contributed by atoms with Crippen molar-refractivity contribution in [2.75, 3.05) is 39.6 Å². The number of ether oxygens (including phenoxy) is 2. The zero-order valence-electron chi connectivity index (χ0n) is 37.7. The Labute approximate surface area is 348 Å². The van der Waals surface area contributed by atoms with E-state index in [9.17, 15) is 9.59 Å². The van der Waals surface area contributed by atoms with E-state index >= 15 is 0 Å². The summed E-state index contributed by atoms with van der Waals surface area (Å²) in [5.74, 6) is -0.745. The van der Waals surface area contributed by atoms with E-state index in [0.29, 0.717) is 24.6 Å². The van der Waals surface area contributed by atoms with Crippen molar-refractivity contribution in [2.45, 2.75) is 233 Å². The van der Waals surface area contributed by atoms with Gasteiger partial charge in [0.1, 0.15) is 13.5 Å². The standard InChI is InChI=1S/C50H92N2O4/c1-5-9-13-17-21-25-29-33-40-51(41-34-30-26-22-18-14-10-6-2)45-55-49(53)47-38-37-39-48(44-47)50(54)56-46-52(42-35-31-27-23-19-15-11-7-3)43-36-32-28-24-20-16-12-8-4/h37-39,44H,5-36,40-43,45-46H2,1-4H3. The number of carbonyl (C=O) groups is 2. The molecule has 0 radical (unpaired) electrons. The molecule has 6 nitrogen and oxygen atoms in total. The fraction of sp³-hybridized carbons (Fsp3) is 0.840. The first-order chi connectivity index (χ1) is 27.5. The van der Waals surface area contributed by atoms with Crippen LogP contribution in [0.1, 0.15) is 254 Å². The van der Waals surface area contributed by atoms with E-state index in [2.05, 4.69) is 37.5 Å². The zero-order chi connectivity index (χ0) is 40.6. The van der Waals surface area contributed by atoms with E-state index in [0.717, 1.165) is 51.9 Å². The minimum Gasteiger partial charge on any atom is -0.446 e. The SMILES string of the molecule is CCCCCCCCCCN(CCCCCCCCCC)COC(=O)c1cccc(C(=O)OCN(CCCCCCCCCC)CCCCCCCCCC)c1. The Morgan fingerprint density at radius 2 is 0.607 bits per heavy atom. The Hall–Kier alpha value is -1.92. The third-order valence-corrected chi connectivity index (χ3v) is 11.4. The second-order valence-electron chi connectivity index (χ2n) is 16.8. The number of hydrogen-bond acceptors (Lipinski definition) is 6. The molecule has 6 heteroatoms. The van der Waals surface area contributed by atoms with Crippen LogP contribution in [0, 0.1) is 0 Å². The van der Waals surface area contributed by atoms with Crippen LogP contribution in [-0.2, 0) is 9.47 Å². The molecule has 326 valence electrons. The Balaban J connectivity index is 2.65. The van der Waals surface area contributed by atoms with Gasteiger partial charge in [0, 0.05) is 26.2 Å². The van der Waals surface area contributed by atoms with Crippen LogP contribution < -0.4 is 0 Å². The molecule has 0 heterocycles. The number of carbonyl (C=O) groups excluding carboxylic acids is 2. The Morgan fingerprint density at radius 3 is 0.857 bits per heavy atom. The normalized spacial score (nSPS) is 11.5. The molecular weight excluding hydrogens is 693 g/mol. The van der Waals surface area contributed by atoms with Gasteiger partial charge in [-0.05, 0) is 43.9 Å².